The highest BCUT2D eigenvalue weighted by atomic mass is 32.1. The fourth-order valence-corrected chi connectivity index (χ4v) is 2.83. The van der Waals surface area contributed by atoms with Crippen molar-refractivity contribution in [1.82, 2.24) is 14.9 Å². The van der Waals surface area contributed by atoms with E-state index in [4.69, 9.17) is 17.0 Å². The van der Waals surface area contributed by atoms with Crippen molar-refractivity contribution in [1.29, 1.82) is 0 Å². The number of anilines is 1. The molecule has 4 rings (SSSR count). The molecule has 0 radical (unpaired) electrons. The average Bonchev–Trinajstić information content (AvgIpc) is 3.06. The molecule has 2 heterocycles. The molecule has 1 amide bonds. The van der Waals surface area contributed by atoms with E-state index < -0.39 is 0 Å². The maximum absolute atomic E-state index is 11.6. The van der Waals surface area contributed by atoms with Crippen LogP contribution in [0.5, 0.6) is 5.75 Å². The highest BCUT2D eigenvalue weighted by Gasteiger charge is 2.17. The van der Waals surface area contributed by atoms with Gasteiger partial charge >= 0.3 is 0 Å². The number of hydrogen-bond donors (Lipinski definition) is 2. The summed E-state index contributed by atoms with van der Waals surface area (Å²) in [4.78, 5) is 11.6. The first-order chi connectivity index (χ1) is 12.7. The molecule has 1 aliphatic heterocycles. The fraction of sp³-hybridized carbons (Fsp3) is 0.111. The van der Waals surface area contributed by atoms with Gasteiger partial charge in [0.25, 0.3) is 5.91 Å². The first kappa shape index (κ1) is 16.2. The van der Waals surface area contributed by atoms with E-state index in [2.05, 4.69) is 20.6 Å². The van der Waals surface area contributed by atoms with Gasteiger partial charge in [0.2, 0.25) is 4.77 Å². The molecular formula is C18H15N5O2S. The Bertz CT molecular complexity index is 1040. The summed E-state index contributed by atoms with van der Waals surface area (Å²) in [6.07, 6.45) is 2.12. The summed E-state index contributed by atoms with van der Waals surface area (Å²) >= 11 is 5.19. The Morgan fingerprint density at radius 1 is 1.27 bits per heavy atom. The van der Waals surface area contributed by atoms with Gasteiger partial charge in [-0.15, -0.1) is 0 Å². The van der Waals surface area contributed by atoms with Crippen LogP contribution in [0, 0.1) is 4.77 Å². The van der Waals surface area contributed by atoms with Crippen LogP contribution in [0.4, 0.5) is 5.69 Å². The van der Waals surface area contributed by atoms with Crippen molar-refractivity contribution in [3.63, 3.8) is 0 Å². The molecule has 8 heteroatoms. The lowest BCUT2D eigenvalue weighted by Gasteiger charge is -2.19. The number of benzene rings is 2. The predicted molar refractivity (Wildman–Crippen MR) is 100 cm³/mol. The molecule has 26 heavy (non-hydrogen) atoms. The third-order valence-corrected chi connectivity index (χ3v) is 4.20. The standard InChI is InChI=1S/C18H15N5O2S/c24-17-10-25-16-7-6-13(9-15(16)20-17)14(8-12-4-2-1-3-5-12)22-23-11-19-21-18(23)26/h1-7,9,11H,8,10H2,(H,20,24)(H,21,26)/b22-14+. The SMILES string of the molecule is O=C1COc2ccc(/C(Cc3ccccc3)=N/n3cn[nH]c3=S)cc2N1. The van der Waals surface area contributed by atoms with E-state index in [0.29, 0.717) is 22.6 Å². The Labute approximate surface area is 154 Å². The third-order valence-electron chi connectivity index (χ3n) is 3.92. The van der Waals surface area contributed by atoms with Crippen molar-refractivity contribution < 1.29 is 9.53 Å². The van der Waals surface area contributed by atoms with Crippen LogP contribution in [-0.2, 0) is 11.2 Å². The number of aromatic nitrogens is 3. The van der Waals surface area contributed by atoms with Crippen LogP contribution in [0.2, 0.25) is 0 Å². The number of fused-ring (bicyclic) bond motifs is 1. The van der Waals surface area contributed by atoms with Crippen LogP contribution >= 0.6 is 12.2 Å². The van der Waals surface area contributed by atoms with Crippen LogP contribution in [-0.4, -0.2) is 33.1 Å². The smallest absolute Gasteiger partial charge is 0.262 e. The number of hydrogen-bond acceptors (Lipinski definition) is 5. The number of carbonyl (C=O) groups is 1. The summed E-state index contributed by atoms with van der Waals surface area (Å²) in [5.74, 6) is 0.473. The number of H-pyrrole nitrogens is 1. The van der Waals surface area contributed by atoms with Gasteiger partial charge in [-0.05, 0) is 36.0 Å². The zero-order chi connectivity index (χ0) is 17.9. The normalized spacial score (nSPS) is 13.7. The molecule has 3 aromatic rings. The number of ether oxygens (including phenoxy) is 1. The van der Waals surface area contributed by atoms with Gasteiger partial charge in [0, 0.05) is 12.0 Å². The fourth-order valence-electron chi connectivity index (χ4n) is 2.69. The third kappa shape index (κ3) is 3.40. The summed E-state index contributed by atoms with van der Waals surface area (Å²) in [5.41, 5.74) is 3.40. The highest BCUT2D eigenvalue weighted by molar-refractivity contribution is 7.71. The van der Waals surface area contributed by atoms with Crippen molar-refractivity contribution in [2.24, 2.45) is 5.10 Å². The van der Waals surface area contributed by atoms with Gasteiger partial charge in [-0.1, -0.05) is 30.3 Å². The lowest BCUT2D eigenvalue weighted by Crippen LogP contribution is -2.25. The monoisotopic (exact) mass is 365 g/mol. The summed E-state index contributed by atoms with van der Waals surface area (Å²) in [6.45, 7) is 0.0293. The Kier molecular flexibility index (Phi) is 4.32. The second kappa shape index (κ2) is 6.93. The number of rotatable bonds is 4. The lowest BCUT2D eigenvalue weighted by molar-refractivity contribution is -0.118. The number of nitrogens with one attached hydrogen (secondary N) is 2. The first-order valence-corrected chi connectivity index (χ1v) is 8.41. The van der Waals surface area contributed by atoms with Crippen molar-refractivity contribution in [2.75, 3.05) is 11.9 Å². The number of carbonyl (C=O) groups excluding carboxylic acids is 1. The van der Waals surface area contributed by atoms with E-state index in [1.54, 1.807) is 0 Å². The highest BCUT2D eigenvalue weighted by Crippen LogP contribution is 2.29. The molecule has 130 valence electrons. The van der Waals surface area contributed by atoms with E-state index in [-0.39, 0.29) is 12.5 Å². The molecule has 7 nitrogen and oxygen atoms in total. The van der Waals surface area contributed by atoms with E-state index in [9.17, 15) is 4.79 Å². The molecule has 0 atom stereocenters. The Morgan fingerprint density at radius 2 is 2.12 bits per heavy atom. The summed E-state index contributed by atoms with van der Waals surface area (Å²) in [6, 6.07) is 15.6. The van der Waals surface area contributed by atoms with Gasteiger partial charge in [-0.25, -0.2) is 0 Å². The molecule has 0 unspecified atom stereocenters. The summed E-state index contributed by atoms with van der Waals surface area (Å²) in [5, 5.41) is 14.1. The van der Waals surface area contributed by atoms with Gasteiger partial charge in [0.1, 0.15) is 12.1 Å². The number of aromatic amines is 1. The molecular weight excluding hydrogens is 350 g/mol. The Morgan fingerprint density at radius 3 is 2.88 bits per heavy atom. The Hall–Kier alpha value is -3.26. The minimum Gasteiger partial charge on any atom is -0.482 e. The van der Waals surface area contributed by atoms with Crippen molar-refractivity contribution in [3.8, 4) is 5.75 Å². The zero-order valence-electron chi connectivity index (χ0n) is 13.7. The zero-order valence-corrected chi connectivity index (χ0v) is 14.5. The molecule has 1 aromatic heterocycles. The molecule has 1 aliphatic rings. The van der Waals surface area contributed by atoms with Crippen LogP contribution in [0.1, 0.15) is 11.1 Å². The topological polar surface area (TPSA) is 84.3 Å². The van der Waals surface area contributed by atoms with Crippen molar-refractivity contribution >= 4 is 29.5 Å². The molecule has 0 spiro atoms. The molecule has 0 fully saturated rings. The van der Waals surface area contributed by atoms with Gasteiger partial charge in [-0.2, -0.15) is 14.9 Å². The van der Waals surface area contributed by atoms with Crippen molar-refractivity contribution in [3.05, 3.63) is 70.8 Å². The predicted octanol–water partition coefficient (Wildman–Crippen LogP) is 2.77. The molecule has 0 saturated carbocycles. The lowest BCUT2D eigenvalue weighted by atomic mass is 10.0. The Balaban J connectivity index is 1.77. The van der Waals surface area contributed by atoms with Gasteiger partial charge in [-0.3, -0.25) is 9.89 Å². The number of amides is 1. The van der Waals surface area contributed by atoms with E-state index in [0.717, 1.165) is 16.8 Å². The van der Waals surface area contributed by atoms with E-state index in [1.165, 1.54) is 11.0 Å². The maximum Gasteiger partial charge on any atom is 0.262 e. The minimum absolute atomic E-state index is 0.0293. The van der Waals surface area contributed by atoms with Gasteiger partial charge in [0.05, 0.1) is 11.4 Å². The van der Waals surface area contributed by atoms with E-state index >= 15 is 0 Å². The molecule has 0 saturated heterocycles. The average molecular weight is 365 g/mol. The molecule has 0 aliphatic carbocycles. The molecule has 2 N–H and O–H groups in total. The molecule has 2 aromatic carbocycles. The van der Waals surface area contributed by atoms with E-state index in [1.807, 2.05) is 48.5 Å². The maximum atomic E-state index is 11.6. The summed E-state index contributed by atoms with van der Waals surface area (Å²) in [7, 11) is 0. The molecule has 0 bridgehead atoms. The second-order valence-corrected chi connectivity index (χ2v) is 6.15. The van der Waals surface area contributed by atoms with Crippen LogP contribution < -0.4 is 10.1 Å². The minimum atomic E-state index is -0.173. The van der Waals surface area contributed by atoms with Gasteiger partial charge < -0.3 is 10.1 Å². The first-order valence-electron chi connectivity index (χ1n) is 8.00. The second-order valence-electron chi connectivity index (χ2n) is 5.76. The van der Waals surface area contributed by atoms with Gasteiger partial charge in [0.15, 0.2) is 6.61 Å². The van der Waals surface area contributed by atoms with Crippen LogP contribution in [0.25, 0.3) is 0 Å². The van der Waals surface area contributed by atoms with Crippen LogP contribution in [0.15, 0.2) is 60.0 Å². The largest absolute Gasteiger partial charge is 0.482 e. The van der Waals surface area contributed by atoms with Crippen molar-refractivity contribution in [2.45, 2.75) is 6.42 Å². The quantitative estimate of drug-likeness (QED) is 0.550. The summed E-state index contributed by atoms with van der Waals surface area (Å²) < 4.78 is 7.35. The van der Waals surface area contributed by atoms with Crippen LogP contribution in [0.3, 0.4) is 0 Å². The number of nitrogens with zero attached hydrogens (tertiary/aromatic N) is 3.